The molecule has 0 spiro atoms. The molecule has 0 radical (unpaired) electrons. The Bertz CT molecular complexity index is 1300. The second-order valence-electron chi connectivity index (χ2n) is 7.24. The summed E-state index contributed by atoms with van der Waals surface area (Å²) >= 11 is 0. The van der Waals surface area contributed by atoms with Crippen LogP contribution in [-0.4, -0.2) is 14.3 Å². The third kappa shape index (κ3) is 3.23. The van der Waals surface area contributed by atoms with Crippen LogP contribution in [0.4, 0.5) is 0 Å². The highest BCUT2D eigenvalue weighted by atomic mass is 16.1. The monoisotopic (exact) mass is 382 g/mol. The number of benzene rings is 2. The Hall–Kier alpha value is -3.65. The zero-order valence-corrected chi connectivity index (χ0v) is 16.8. The molecule has 0 aliphatic heterocycles. The van der Waals surface area contributed by atoms with Gasteiger partial charge in [-0.15, -0.1) is 0 Å². The third-order valence-corrected chi connectivity index (χ3v) is 5.35. The Morgan fingerprint density at radius 3 is 2.48 bits per heavy atom. The molecule has 0 fully saturated rings. The van der Waals surface area contributed by atoms with Crippen molar-refractivity contribution >= 4 is 11.0 Å². The van der Waals surface area contributed by atoms with Crippen LogP contribution in [0.5, 0.6) is 0 Å². The van der Waals surface area contributed by atoms with Gasteiger partial charge in [0.2, 0.25) is 0 Å². The molecule has 4 rings (SSSR count). The molecule has 0 bridgehead atoms. The lowest BCUT2D eigenvalue weighted by atomic mass is 10.1. The molecule has 0 aliphatic carbocycles. The fourth-order valence-corrected chi connectivity index (χ4v) is 3.81. The van der Waals surface area contributed by atoms with Crippen LogP contribution in [-0.2, 0) is 13.0 Å². The molecular weight excluding hydrogens is 360 g/mol. The normalized spacial score (nSPS) is 11.0. The van der Waals surface area contributed by atoms with Crippen LogP contribution >= 0.6 is 0 Å². The van der Waals surface area contributed by atoms with E-state index in [0.717, 1.165) is 40.0 Å². The summed E-state index contributed by atoms with van der Waals surface area (Å²) in [4.78, 5) is 13.0. The Kier molecular flexibility index (Phi) is 4.77. The number of rotatable bonds is 4. The third-order valence-electron chi connectivity index (χ3n) is 5.35. The molecule has 0 N–H and O–H groups in total. The first-order valence-corrected chi connectivity index (χ1v) is 9.70. The highest BCUT2D eigenvalue weighted by molar-refractivity contribution is 5.83. The first-order valence-electron chi connectivity index (χ1n) is 9.70. The number of fused-ring (bicyclic) bond motifs is 1. The molecule has 0 saturated carbocycles. The maximum atomic E-state index is 13.0. The molecular formula is C24H22N4O. The number of nitriles is 1. The smallest absolute Gasteiger partial charge is 0.252 e. The lowest BCUT2D eigenvalue weighted by Crippen LogP contribution is -2.23. The van der Waals surface area contributed by atoms with Crippen molar-refractivity contribution in [1.29, 1.82) is 5.26 Å². The second kappa shape index (κ2) is 7.40. The van der Waals surface area contributed by atoms with Crippen molar-refractivity contribution in [3.63, 3.8) is 0 Å². The van der Waals surface area contributed by atoms with Crippen LogP contribution in [0.3, 0.4) is 0 Å². The largest absolute Gasteiger partial charge is 0.288 e. The molecule has 144 valence electrons. The molecule has 2 heterocycles. The quantitative estimate of drug-likeness (QED) is 0.529. The van der Waals surface area contributed by atoms with E-state index in [2.05, 4.69) is 25.1 Å². The average Bonchev–Trinajstić information content (AvgIpc) is 3.09. The molecule has 2 aromatic heterocycles. The highest BCUT2D eigenvalue weighted by Gasteiger charge is 2.18. The Balaban J connectivity index is 1.99. The molecule has 5 nitrogen and oxygen atoms in total. The molecule has 5 heteroatoms. The SMILES string of the molecule is CCc1ccc(-n2nc(C)c3c(C)cc(=O)n(Cc4ccccc4C#N)c32)cc1. The summed E-state index contributed by atoms with van der Waals surface area (Å²) in [6.07, 6.45) is 0.966. The molecule has 0 aliphatic rings. The minimum atomic E-state index is -0.103. The molecule has 0 atom stereocenters. The van der Waals surface area contributed by atoms with Crippen molar-refractivity contribution in [2.45, 2.75) is 33.7 Å². The van der Waals surface area contributed by atoms with Gasteiger partial charge in [0.05, 0.1) is 29.6 Å². The standard InChI is InChI=1S/C24H22N4O/c1-4-18-9-11-21(12-10-18)28-24-23(17(3)26-28)16(2)13-22(29)27(24)15-20-8-6-5-7-19(20)14-25/h5-13H,4,15H2,1-3H3. The van der Waals surface area contributed by atoms with Crippen molar-refractivity contribution in [2.75, 3.05) is 0 Å². The summed E-state index contributed by atoms with van der Waals surface area (Å²) in [5.41, 5.74) is 5.98. The van der Waals surface area contributed by atoms with Crippen molar-refractivity contribution < 1.29 is 0 Å². The predicted molar refractivity (Wildman–Crippen MR) is 114 cm³/mol. The number of aromatic nitrogens is 3. The maximum Gasteiger partial charge on any atom is 0.252 e. The van der Waals surface area contributed by atoms with Gasteiger partial charge in [-0.3, -0.25) is 9.36 Å². The van der Waals surface area contributed by atoms with Gasteiger partial charge < -0.3 is 0 Å². The van der Waals surface area contributed by atoms with Crippen molar-refractivity contribution in [2.24, 2.45) is 0 Å². The Morgan fingerprint density at radius 2 is 1.79 bits per heavy atom. The zero-order valence-electron chi connectivity index (χ0n) is 16.8. The molecule has 29 heavy (non-hydrogen) atoms. The molecule has 4 aromatic rings. The Morgan fingerprint density at radius 1 is 1.07 bits per heavy atom. The van der Waals surface area contributed by atoms with Gasteiger partial charge in [-0.1, -0.05) is 37.3 Å². The summed E-state index contributed by atoms with van der Waals surface area (Å²) in [7, 11) is 0. The lowest BCUT2D eigenvalue weighted by Gasteiger charge is -2.13. The van der Waals surface area contributed by atoms with E-state index in [9.17, 15) is 10.1 Å². The lowest BCUT2D eigenvalue weighted by molar-refractivity contribution is 0.749. The van der Waals surface area contributed by atoms with Gasteiger partial charge in [0.25, 0.3) is 5.56 Å². The van der Waals surface area contributed by atoms with Crippen molar-refractivity contribution in [3.05, 3.63) is 92.9 Å². The minimum Gasteiger partial charge on any atom is -0.288 e. The van der Waals surface area contributed by atoms with Gasteiger partial charge in [0.1, 0.15) is 5.65 Å². The van der Waals surface area contributed by atoms with E-state index in [0.29, 0.717) is 12.1 Å². The predicted octanol–water partition coefficient (Wildman–Crippen LogP) is 4.29. The number of pyridine rings is 1. The van der Waals surface area contributed by atoms with Gasteiger partial charge in [-0.25, -0.2) is 4.68 Å². The Labute approximate surface area is 169 Å². The number of hydrogen-bond acceptors (Lipinski definition) is 3. The van der Waals surface area contributed by atoms with E-state index in [4.69, 9.17) is 5.10 Å². The zero-order chi connectivity index (χ0) is 20.5. The van der Waals surface area contributed by atoms with E-state index >= 15 is 0 Å². The summed E-state index contributed by atoms with van der Waals surface area (Å²) in [5, 5.41) is 15.2. The molecule has 0 saturated heterocycles. The number of aryl methyl sites for hydroxylation is 3. The van der Waals surface area contributed by atoms with Crippen molar-refractivity contribution in [1.82, 2.24) is 14.3 Å². The minimum absolute atomic E-state index is 0.103. The first-order chi connectivity index (χ1) is 14.0. The van der Waals surface area contributed by atoms with Crippen LogP contribution < -0.4 is 5.56 Å². The van der Waals surface area contributed by atoms with E-state index < -0.39 is 0 Å². The van der Waals surface area contributed by atoms with Gasteiger partial charge in [-0.2, -0.15) is 10.4 Å². The van der Waals surface area contributed by atoms with Crippen LogP contribution in [0.15, 0.2) is 59.4 Å². The van der Waals surface area contributed by atoms with Gasteiger partial charge in [0, 0.05) is 11.5 Å². The van der Waals surface area contributed by atoms with Gasteiger partial charge >= 0.3 is 0 Å². The van der Waals surface area contributed by atoms with Gasteiger partial charge in [-0.05, 0) is 55.2 Å². The van der Waals surface area contributed by atoms with E-state index in [-0.39, 0.29) is 5.56 Å². The molecule has 0 amide bonds. The summed E-state index contributed by atoms with van der Waals surface area (Å²) in [6, 6.07) is 19.5. The number of hydrogen-bond donors (Lipinski definition) is 0. The summed E-state index contributed by atoms with van der Waals surface area (Å²) in [5.74, 6) is 0. The maximum absolute atomic E-state index is 13.0. The summed E-state index contributed by atoms with van der Waals surface area (Å²) < 4.78 is 3.56. The molecule has 0 unspecified atom stereocenters. The van der Waals surface area contributed by atoms with Crippen LogP contribution in [0.1, 0.15) is 34.9 Å². The number of nitrogens with zero attached hydrogens (tertiary/aromatic N) is 4. The fourth-order valence-electron chi connectivity index (χ4n) is 3.81. The summed E-state index contributed by atoms with van der Waals surface area (Å²) in [6.45, 7) is 6.34. The average molecular weight is 382 g/mol. The topological polar surface area (TPSA) is 63.6 Å². The van der Waals surface area contributed by atoms with Gasteiger partial charge in [0.15, 0.2) is 0 Å². The van der Waals surface area contributed by atoms with E-state index in [1.165, 1.54) is 5.56 Å². The second-order valence-corrected chi connectivity index (χ2v) is 7.24. The van der Waals surface area contributed by atoms with Crippen LogP contribution in [0.2, 0.25) is 0 Å². The van der Waals surface area contributed by atoms with Crippen molar-refractivity contribution in [3.8, 4) is 11.8 Å². The van der Waals surface area contributed by atoms with Crippen LogP contribution in [0.25, 0.3) is 16.7 Å². The highest BCUT2D eigenvalue weighted by Crippen LogP contribution is 2.25. The van der Waals surface area contributed by atoms with Crippen LogP contribution in [0, 0.1) is 25.2 Å². The first kappa shape index (κ1) is 18.7. The molecule has 2 aromatic carbocycles. The fraction of sp³-hybridized carbons (Fsp3) is 0.208. The van der Waals surface area contributed by atoms with E-state index in [1.54, 1.807) is 16.7 Å². The van der Waals surface area contributed by atoms with E-state index in [1.807, 2.05) is 48.9 Å².